The Morgan fingerprint density at radius 3 is 2.57 bits per heavy atom. The van der Waals surface area contributed by atoms with Gasteiger partial charge in [0.25, 0.3) is 5.91 Å². The van der Waals surface area contributed by atoms with Crippen molar-refractivity contribution in [1.29, 1.82) is 0 Å². The highest BCUT2D eigenvalue weighted by Crippen LogP contribution is 2.21. The molecule has 1 aliphatic carbocycles. The number of nitrogens with one attached hydrogen (secondary N) is 2. The lowest BCUT2D eigenvalue weighted by atomic mass is 9.98. The van der Waals surface area contributed by atoms with Crippen molar-refractivity contribution in [2.24, 2.45) is 0 Å². The van der Waals surface area contributed by atoms with E-state index in [0.717, 1.165) is 44.9 Å². The van der Waals surface area contributed by atoms with Gasteiger partial charge in [-0.25, -0.2) is 0 Å². The molecule has 0 bridgehead atoms. The van der Waals surface area contributed by atoms with E-state index in [1.54, 1.807) is 29.2 Å². The van der Waals surface area contributed by atoms with Gasteiger partial charge in [-0.1, -0.05) is 32.6 Å². The fraction of sp³-hybridized carbons (Fsp3) is 0.615. The molecule has 1 heterocycles. The molecule has 192 valence electrons. The molecule has 0 spiro atoms. The SMILES string of the molecule is CCCCCCOc1ccc(C(=O)NC(=S)N2CCNC(=O)C2CC(=O)OC2CCCCC2)cc1. The highest BCUT2D eigenvalue weighted by Gasteiger charge is 2.35. The molecule has 9 heteroatoms. The number of carbonyl (C=O) groups excluding carboxylic acids is 3. The summed E-state index contributed by atoms with van der Waals surface area (Å²) in [4.78, 5) is 39.4. The number of esters is 1. The zero-order valence-electron chi connectivity index (χ0n) is 20.6. The first-order valence-corrected chi connectivity index (χ1v) is 13.2. The van der Waals surface area contributed by atoms with Gasteiger partial charge in [-0.3, -0.25) is 19.7 Å². The van der Waals surface area contributed by atoms with Gasteiger partial charge in [0.2, 0.25) is 5.91 Å². The Bertz CT molecular complexity index is 870. The molecule has 0 radical (unpaired) electrons. The number of hydrogen-bond donors (Lipinski definition) is 2. The van der Waals surface area contributed by atoms with Gasteiger partial charge in [-0.2, -0.15) is 0 Å². The number of ether oxygens (including phenoxy) is 2. The molecular formula is C26H37N3O5S. The number of hydrogen-bond acceptors (Lipinski definition) is 6. The third kappa shape index (κ3) is 8.49. The van der Waals surface area contributed by atoms with E-state index in [0.29, 0.717) is 31.0 Å². The Labute approximate surface area is 213 Å². The van der Waals surface area contributed by atoms with Crippen molar-refractivity contribution in [3.05, 3.63) is 29.8 Å². The lowest BCUT2D eigenvalue weighted by Crippen LogP contribution is -2.60. The van der Waals surface area contributed by atoms with Crippen LogP contribution in [0.2, 0.25) is 0 Å². The normalized spacial score (nSPS) is 18.5. The van der Waals surface area contributed by atoms with Crippen LogP contribution in [0.4, 0.5) is 0 Å². The van der Waals surface area contributed by atoms with Crippen molar-refractivity contribution in [3.8, 4) is 5.75 Å². The maximum Gasteiger partial charge on any atom is 0.308 e. The Morgan fingerprint density at radius 2 is 1.86 bits per heavy atom. The van der Waals surface area contributed by atoms with Gasteiger partial charge in [-0.05, 0) is 68.6 Å². The first-order chi connectivity index (χ1) is 17.0. The van der Waals surface area contributed by atoms with Crippen molar-refractivity contribution < 1.29 is 23.9 Å². The number of unbranched alkanes of at least 4 members (excludes halogenated alkanes) is 3. The molecule has 1 aromatic rings. The van der Waals surface area contributed by atoms with E-state index in [2.05, 4.69) is 17.6 Å². The van der Waals surface area contributed by atoms with E-state index in [-0.39, 0.29) is 29.5 Å². The van der Waals surface area contributed by atoms with Crippen molar-refractivity contribution in [3.63, 3.8) is 0 Å². The Kier molecular flexibility index (Phi) is 10.8. The summed E-state index contributed by atoms with van der Waals surface area (Å²) in [7, 11) is 0. The monoisotopic (exact) mass is 503 g/mol. The number of benzene rings is 1. The average Bonchev–Trinajstić information content (AvgIpc) is 2.86. The molecule has 1 atom stereocenters. The minimum atomic E-state index is -0.809. The topological polar surface area (TPSA) is 97.0 Å². The fourth-order valence-electron chi connectivity index (χ4n) is 4.40. The average molecular weight is 504 g/mol. The summed E-state index contributed by atoms with van der Waals surface area (Å²) >= 11 is 5.45. The summed E-state index contributed by atoms with van der Waals surface area (Å²) in [5.41, 5.74) is 0.431. The van der Waals surface area contributed by atoms with Crippen LogP contribution < -0.4 is 15.4 Å². The molecule has 2 fully saturated rings. The maximum absolute atomic E-state index is 12.8. The minimum absolute atomic E-state index is 0.0775. The summed E-state index contributed by atoms with van der Waals surface area (Å²) in [6.45, 7) is 3.60. The smallest absolute Gasteiger partial charge is 0.308 e. The highest BCUT2D eigenvalue weighted by molar-refractivity contribution is 7.80. The Balaban J connectivity index is 1.51. The van der Waals surface area contributed by atoms with Crippen molar-refractivity contribution in [1.82, 2.24) is 15.5 Å². The molecule has 1 saturated heterocycles. The van der Waals surface area contributed by atoms with Gasteiger partial charge < -0.3 is 19.7 Å². The molecule has 3 rings (SSSR count). The molecular weight excluding hydrogens is 466 g/mol. The van der Waals surface area contributed by atoms with Crippen molar-refractivity contribution in [2.75, 3.05) is 19.7 Å². The quantitative estimate of drug-likeness (QED) is 0.285. The van der Waals surface area contributed by atoms with Crippen LogP contribution in [0, 0.1) is 0 Å². The summed E-state index contributed by atoms with van der Waals surface area (Å²) in [6.07, 6.45) is 9.33. The number of thiocarbonyl (C=S) groups is 1. The van der Waals surface area contributed by atoms with Crippen LogP contribution in [-0.2, 0) is 14.3 Å². The lowest BCUT2D eigenvalue weighted by Gasteiger charge is -2.36. The second-order valence-electron chi connectivity index (χ2n) is 9.15. The molecule has 2 N–H and O–H groups in total. The van der Waals surface area contributed by atoms with Gasteiger partial charge in [0, 0.05) is 18.7 Å². The minimum Gasteiger partial charge on any atom is -0.494 e. The molecule has 8 nitrogen and oxygen atoms in total. The van der Waals surface area contributed by atoms with Crippen LogP contribution in [-0.4, -0.2) is 59.6 Å². The lowest BCUT2D eigenvalue weighted by molar-refractivity contribution is -0.153. The first-order valence-electron chi connectivity index (χ1n) is 12.8. The Hall–Kier alpha value is -2.68. The number of carbonyl (C=O) groups is 3. The number of rotatable bonds is 10. The summed E-state index contributed by atoms with van der Waals surface area (Å²) in [6, 6.07) is 6.07. The predicted octanol–water partition coefficient (Wildman–Crippen LogP) is 3.73. The summed E-state index contributed by atoms with van der Waals surface area (Å²) in [5, 5.41) is 5.59. The largest absolute Gasteiger partial charge is 0.494 e. The second kappa shape index (κ2) is 14.0. The van der Waals surface area contributed by atoms with Crippen molar-refractivity contribution in [2.45, 2.75) is 83.3 Å². The molecule has 0 aromatic heterocycles. The van der Waals surface area contributed by atoms with E-state index < -0.39 is 12.0 Å². The third-order valence-corrected chi connectivity index (χ3v) is 6.74. The molecule has 2 aliphatic rings. The van der Waals surface area contributed by atoms with Crippen LogP contribution in [0.15, 0.2) is 24.3 Å². The first kappa shape index (κ1) is 26.9. The molecule has 1 saturated carbocycles. The number of nitrogens with zero attached hydrogens (tertiary/aromatic N) is 1. The van der Waals surface area contributed by atoms with E-state index in [1.807, 2.05) is 0 Å². The summed E-state index contributed by atoms with van der Waals surface area (Å²) in [5.74, 6) is -0.374. The zero-order valence-corrected chi connectivity index (χ0v) is 21.4. The number of piperazine rings is 1. The molecule has 1 aromatic carbocycles. The van der Waals surface area contributed by atoms with Crippen molar-refractivity contribution >= 4 is 35.1 Å². The van der Waals surface area contributed by atoms with Gasteiger partial charge in [0.15, 0.2) is 5.11 Å². The second-order valence-corrected chi connectivity index (χ2v) is 9.53. The van der Waals surface area contributed by atoms with Gasteiger partial charge in [-0.15, -0.1) is 0 Å². The third-order valence-electron chi connectivity index (χ3n) is 6.41. The van der Waals surface area contributed by atoms with E-state index in [1.165, 1.54) is 12.8 Å². The number of amides is 2. The maximum atomic E-state index is 12.8. The predicted molar refractivity (Wildman–Crippen MR) is 137 cm³/mol. The molecule has 1 unspecified atom stereocenters. The van der Waals surface area contributed by atoms with Gasteiger partial charge in [0.05, 0.1) is 13.0 Å². The van der Waals surface area contributed by atoms with Crippen LogP contribution in [0.25, 0.3) is 0 Å². The molecule has 2 amide bonds. The van der Waals surface area contributed by atoms with E-state index >= 15 is 0 Å². The van der Waals surface area contributed by atoms with Crippen LogP contribution in [0.3, 0.4) is 0 Å². The summed E-state index contributed by atoms with van der Waals surface area (Å²) < 4.78 is 11.3. The zero-order chi connectivity index (χ0) is 25.0. The van der Waals surface area contributed by atoms with Crippen LogP contribution in [0.5, 0.6) is 5.75 Å². The highest BCUT2D eigenvalue weighted by atomic mass is 32.1. The Morgan fingerprint density at radius 1 is 1.11 bits per heavy atom. The van der Waals surface area contributed by atoms with Crippen LogP contribution >= 0.6 is 12.2 Å². The van der Waals surface area contributed by atoms with Gasteiger partial charge in [0.1, 0.15) is 17.9 Å². The molecule has 35 heavy (non-hydrogen) atoms. The van der Waals surface area contributed by atoms with Gasteiger partial charge >= 0.3 is 5.97 Å². The van der Waals surface area contributed by atoms with Crippen LogP contribution in [0.1, 0.15) is 81.5 Å². The fourth-order valence-corrected chi connectivity index (χ4v) is 4.71. The standard InChI is InChI=1S/C26H37N3O5S/c1-2-3-4-8-17-33-20-13-11-19(12-14-20)24(31)28-26(35)29-16-15-27-25(32)22(29)18-23(30)34-21-9-6-5-7-10-21/h11-14,21-22H,2-10,15-18H2,1H3,(H,27,32)(H,28,31,35). The van der Waals surface area contributed by atoms with E-state index in [9.17, 15) is 14.4 Å². The molecule has 1 aliphatic heterocycles. The van der Waals surface area contributed by atoms with E-state index in [4.69, 9.17) is 21.7 Å².